The van der Waals surface area contributed by atoms with Gasteiger partial charge in [0, 0.05) is 26.6 Å². The molecule has 7 nitrogen and oxygen atoms in total. The van der Waals surface area contributed by atoms with Gasteiger partial charge in [-0.2, -0.15) is 0 Å². The van der Waals surface area contributed by atoms with E-state index in [1.54, 1.807) is 7.11 Å². The van der Waals surface area contributed by atoms with Gasteiger partial charge in [-0.1, -0.05) is 96.8 Å². The number of ether oxygens (including phenoxy) is 3. The first-order chi connectivity index (χ1) is 16.7. The minimum atomic E-state index is -0.164. The summed E-state index contributed by atoms with van der Waals surface area (Å²) < 4.78 is 15.5. The van der Waals surface area contributed by atoms with Gasteiger partial charge in [0.05, 0.1) is 26.4 Å². The lowest BCUT2D eigenvalue weighted by Crippen LogP contribution is -2.31. The van der Waals surface area contributed by atoms with E-state index in [1.165, 1.54) is 83.5 Å². The largest absolute Gasteiger partial charge is 0.383 e. The number of nitrogens with one attached hydrogen (secondary N) is 2. The van der Waals surface area contributed by atoms with Crippen LogP contribution in [0.15, 0.2) is 0 Å². The first kappa shape index (κ1) is 32.8. The molecule has 0 unspecified atom stereocenters. The van der Waals surface area contributed by atoms with Crippen LogP contribution in [0, 0.1) is 0 Å². The third-order valence-corrected chi connectivity index (χ3v) is 5.81. The van der Waals surface area contributed by atoms with Crippen LogP contribution in [0.25, 0.3) is 0 Å². The maximum atomic E-state index is 11.9. The average Bonchev–Trinajstić information content (AvgIpc) is 2.83. The van der Waals surface area contributed by atoms with Gasteiger partial charge >= 0.3 is 0 Å². The van der Waals surface area contributed by atoms with E-state index in [-0.39, 0.29) is 18.4 Å². The van der Waals surface area contributed by atoms with E-state index in [0.717, 1.165) is 12.8 Å². The van der Waals surface area contributed by atoms with Crippen molar-refractivity contribution in [2.24, 2.45) is 0 Å². The molecule has 0 aromatic rings. The highest BCUT2D eigenvalue weighted by Crippen LogP contribution is 2.13. The first-order valence-corrected chi connectivity index (χ1v) is 13.9. The Labute approximate surface area is 209 Å². The molecule has 0 radical (unpaired) electrons. The van der Waals surface area contributed by atoms with Crippen LogP contribution in [0.2, 0.25) is 0 Å². The van der Waals surface area contributed by atoms with Crippen molar-refractivity contribution < 1.29 is 23.8 Å². The van der Waals surface area contributed by atoms with E-state index in [4.69, 9.17) is 14.2 Å². The number of hydrogen-bond donors (Lipinski definition) is 2. The van der Waals surface area contributed by atoms with E-state index in [2.05, 4.69) is 17.6 Å². The third-order valence-electron chi connectivity index (χ3n) is 5.81. The molecule has 0 fully saturated rings. The lowest BCUT2D eigenvalue weighted by molar-refractivity contribution is -0.126. The molecule has 0 heterocycles. The van der Waals surface area contributed by atoms with Crippen molar-refractivity contribution in [3.8, 4) is 0 Å². The Kier molecular flexibility index (Phi) is 27.1. The number of amides is 2. The van der Waals surface area contributed by atoms with Crippen LogP contribution in [0.5, 0.6) is 0 Å². The maximum absolute atomic E-state index is 11.9. The van der Waals surface area contributed by atoms with E-state index in [1.807, 2.05) is 0 Å². The highest BCUT2D eigenvalue weighted by molar-refractivity contribution is 5.77. The molecule has 34 heavy (non-hydrogen) atoms. The Balaban J connectivity index is 3.21. The molecule has 0 aromatic heterocycles. The first-order valence-electron chi connectivity index (χ1n) is 13.9. The second-order valence-electron chi connectivity index (χ2n) is 9.06. The standard InChI is InChI=1S/C27H54N2O5/c1-3-4-5-6-7-8-9-10-11-12-13-14-15-16-17-18-26(30)28-20-22-33-23-24-34-25-27(31)29-19-21-32-2/h3-25H2,1-2H3,(H,28,30)(H,29,31). The van der Waals surface area contributed by atoms with Crippen molar-refractivity contribution in [3.63, 3.8) is 0 Å². The molecule has 0 aliphatic rings. The number of hydrogen-bond acceptors (Lipinski definition) is 5. The van der Waals surface area contributed by atoms with Crippen molar-refractivity contribution in [1.29, 1.82) is 0 Å². The van der Waals surface area contributed by atoms with Crippen LogP contribution in [-0.2, 0) is 23.8 Å². The average molecular weight is 487 g/mol. The summed E-state index contributed by atoms with van der Waals surface area (Å²) in [5.41, 5.74) is 0. The topological polar surface area (TPSA) is 85.9 Å². The fourth-order valence-electron chi connectivity index (χ4n) is 3.74. The van der Waals surface area contributed by atoms with Crippen LogP contribution in [-0.4, -0.2) is 65.0 Å². The van der Waals surface area contributed by atoms with Gasteiger partial charge in [-0.25, -0.2) is 0 Å². The van der Waals surface area contributed by atoms with Crippen molar-refractivity contribution in [2.45, 2.75) is 110 Å². The minimum Gasteiger partial charge on any atom is -0.383 e. The van der Waals surface area contributed by atoms with Gasteiger partial charge in [0.2, 0.25) is 11.8 Å². The Bertz CT molecular complexity index is 449. The molecule has 0 aromatic carbocycles. The smallest absolute Gasteiger partial charge is 0.246 e. The summed E-state index contributed by atoms with van der Waals surface area (Å²) in [5, 5.41) is 5.57. The van der Waals surface area contributed by atoms with Crippen molar-refractivity contribution >= 4 is 11.8 Å². The zero-order chi connectivity index (χ0) is 25.0. The van der Waals surface area contributed by atoms with Crippen LogP contribution in [0.3, 0.4) is 0 Å². The molecule has 0 atom stereocenters. The van der Waals surface area contributed by atoms with E-state index in [0.29, 0.717) is 45.9 Å². The number of rotatable bonds is 27. The second-order valence-corrected chi connectivity index (χ2v) is 9.06. The molecular formula is C27H54N2O5. The van der Waals surface area contributed by atoms with E-state index in [9.17, 15) is 9.59 Å². The summed E-state index contributed by atoms with van der Waals surface area (Å²) in [6, 6.07) is 0. The number of carbonyl (C=O) groups is 2. The van der Waals surface area contributed by atoms with Gasteiger partial charge in [0.1, 0.15) is 6.61 Å². The van der Waals surface area contributed by atoms with Crippen LogP contribution >= 0.6 is 0 Å². The van der Waals surface area contributed by atoms with Gasteiger partial charge < -0.3 is 24.8 Å². The Morgan fingerprint density at radius 1 is 0.559 bits per heavy atom. The highest BCUT2D eigenvalue weighted by atomic mass is 16.5. The summed E-state index contributed by atoms with van der Waals surface area (Å²) in [6.07, 6.45) is 20.5. The van der Waals surface area contributed by atoms with Gasteiger partial charge in [-0.05, 0) is 6.42 Å². The molecule has 0 aliphatic carbocycles. The van der Waals surface area contributed by atoms with Gasteiger partial charge in [0.15, 0.2) is 0 Å². The predicted molar refractivity (Wildman–Crippen MR) is 139 cm³/mol. The van der Waals surface area contributed by atoms with Crippen LogP contribution in [0.1, 0.15) is 110 Å². The molecule has 0 aliphatic heterocycles. The highest BCUT2D eigenvalue weighted by Gasteiger charge is 2.02. The molecule has 0 spiro atoms. The van der Waals surface area contributed by atoms with Crippen LogP contribution in [0.4, 0.5) is 0 Å². The summed E-state index contributed by atoms with van der Waals surface area (Å²) in [7, 11) is 1.59. The second kappa shape index (κ2) is 28.1. The van der Waals surface area contributed by atoms with Crippen LogP contribution < -0.4 is 10.6 Å². The quantitative estimate of drug-likeness (QED) is 0.157. The fraction of sp³-hybridized carbons (Fsp3) is 0.926. The lowest BCUT2D eigenvalue weighted by atomic mass is 10.0. The minimum absolute atomic E-state index is 0.0169. The summed E-state index contributed by atoms with van der Waals surface area (Å²) in [6.45, 7) is 4.97. The Morgan fingerprint density at radius 3 is 1.59 bits per heavy atom. The lowest BCUT2D eigenvalue weighted by Gasteiger charge is -2.08. The molecule has 2 N–H and O–H groups in total. The monoisotopic (exact) mass is 486 g/mol. The predicted octanol–water partition coefficient (Wildman–Crippen LogP) is 5.16. The maximum Gasteiger partial charge on any atom is 0.246 e. The van der Waals surface area contributed by atoms with Crippen molar-refractivity contribution in [3.05, 3.63) is 0 Å². The molecule has 7 heteroatoms. The van der Waals surface area contributed by atoms with Crippen molar-refractivity contribution in [1.82, 2.24) is 10.6 Å². The zero-order valence-electron chi connectivity index (χ0n) is 22.3. The summed E-state index contributed by atoms with van der Waals surface area (Å²) in [5.74, 6) is -0.0645. The summed E-state index contributed by atoms with van der Waals surface area (Å²) in [4.78, 5) is 23.2. The molecule has 0 rings (SSSR count). The summed E-state index contributed by atoms with van der Waals surface area (Å²) >= 11 is 0. The Hall–Kier alpha value is -1.18. The Morgan fingerprint density at radius 2 is 1.03 bits per heavy atom. The number of unbranched alkanes of at least 4 members (excludes halogenated alkanes) is 14. The molecule has 0 bridgehead atoms. The van der Waals surface area contributed by atoms with E-state index >= 15 is 0 Å². The number of carbonyl (C=O) groups excluding carboxylic acids is 2. The van der Waals surface area contributed by atoms with Gasteiger partial charge in [-0.15, -0.1) is 0 Å². The normalized spacial score (nSPS) is 11.0. The van der Waals surface area contributed by atoms with Gasteiger partial charge in [-0.3, -0.25) is 9.59 Å². The molecule has 0 saturated heterocycles. The fourth-order valence-corrected chi connectivity index (χ4v) is 3.74. The van der Waals surface area contributed by atoms with E-state index < -0.39 is 0 Å². The molecule has 2 amide bonds. The molecule has 202 valence electrons. The third kappa shape index (κ3) is 27.1. The molecular weight excluding hydrogens is 432 g/mol. The van der Waals surface area contributed by atoms with Gasteiger partial charge in [0.25, 0.3) is 0 Å². The zero-order valence-corrected chi connectivity index (χ0v) is 22.3. The van der Waals surface area contributed by atoms with Crippen molar-refractivity contribution in [2.75, 3.05) is 53.2 Å². The molecule has 0 saturated carbocycles. The SMILES string of the molecule is CCCCCCCCCCCCCCCCCC(=O)NCCOCCOCC(=O)NCCOC. The number of methoxy groups -OCH3 is 1.